The van der Waals surface area contributed by atoms with Crippen molar-refractivity contribution in [2.24, 2.45) is 11.3 Å². The summed E-state index contributed by atoms with van der Waals surface area (Å²) in [6.07, 6.45) is 2.40. The predicted molar refractivity (Wildman–Crippen MR) is 330 cm³/mol. The Balaban J connectivity index is 1.23. The minimum atomic E-state index is -1.56. The molecule has 21 heteroatoms. The maximum atomic E-state index is 16.4. The quantitative estimate of drug-likeness (QED) is 0.0985. The van der Waals surface area contributed by atoms with E-state index in [-0.39, 0.29) is 75.1 Å². The molecular weight excluding hydrogens is 1160 g/mol. The number of fused-ring (bicyclic) bond motifs is 3. The van der Waals surface area contributed by atoms with Crippen molar-refractivity contribution >= 4 is 53.0 Å². The van der Waals surface area contributed by atoms with Crippen molar-refractivity contribution in [3.63, 3.8) is 0 Å². The zero-order valence-corrected chi connectivity index (χ0v) is 52.0. The third-order valence-electron chi connectivity index (χ3n) is 16.2. The molecule has 5 atom stereocenters. The number of Topliss-reactive ketones (excluding diaryl/α,β-unsaturated/α-hetero) is 2. The van der Waals surface area contributed by atoms with Crippen LogP contribution in [-0.2, 0) is 78.3 Å². The number of halogens is 1. The maximum Gasteiger partial charge on any atom is 0.330 e. The summed E-state index contributed by atoms with van der Waals surface area (Å²) in [5, 5.41) is 13.0. The molecule has 1 saturated heterocycles. The number of carbonyl (C=O) groups excluding carboxylic acids is 9. The number of nitrogens with zero attached hydrogens (tertiary/aromatic N) is 4. The Morgan fingerprint density at radius 3 is 2.03 bits per heavy atom. The standard InChI is InChI=1S/C69H80FN5O15/c1-69(2)44-89-63(80)23-15-16-34-72(3)66(83)54(37-46-20-12-9-13-21-46)71-61(78)42-73(4)65(82)49(36-45-18-10-8-11-19-45)40-57(77)56(38-47-24-28-50(76)29-25-47)74(5)62(79)43-88-51-30-31-53(70)52(41-51)58(32-26-48-27-33-59(86-6)60(39-48)87-7)90-68(85)55-22-14-17-35-75(55)67(84)64(69)81/h8-13,15,18-21,23-25,27-31,33,39,41,49,54-56,58,76H,14,16-17,22,26,32,34-38,40,42-44H2,1-7H3,(H,71,78)/t49-,54+,55-,56-,58+/m0/s1. The van der Waals surface area contributed by atoms with E-state index in [4.69, 9.17) is 23.7 Å². The zero-order chi connectivity index (χ0) is 65.1. The number of methoxy groups -OCH3 is 2. The number of benzene rings is 5. The van der Waals surface area contributed by atoms with Crippen LogP contribution >= 0.6 is 0 Å². The molecule has 2 N–H and O–H groups in total. The van der Waals surface area contributed by atoms with Gasteiger partial charge < -0.3 is 53.7 Å². The number of cyclic esters (lactones) is 2. The number of ketones is 2. The molecule has 2 aliphatic rings. The number of hydrogen-bond acceptors (Lipinski definition) is 15. The summed E-state index contributed by atoms with van der Waals surface area (Å²) in [6, 6.07) is 29.4. The molecule has 2 heterocycles. The van der Waals surface area contributed by atoms with E-state index in [2.05, 4.69) is 5.32 Å². The number of rotatable bonds is 11. The average molecular weight is 1240 g/mol. The molecular formula is C69H80FN5O15. The fraction of sp³-hybridized carbons (Fsp3) is 0.406. The van der Waals surface area contributed by atoms with E-state index in [9.17, 15) is 48.3 Å². The lowest BCUT2D eigenvalue weighted by atomic mass is 9.87. The summed E-state index contributed by atoms with van der Waals surface area (Å²) < 4.78 is 45.1. The number of phenols is 1. The van der Waals surface area contributed by atoms with Gasteiger partial charge in [0, 0.05) is 64.6 Å². The Hall–Kier alpha value is -9.40. The van der Waals surface area contributed by atoms with Crippen molar-refractivity contribution in [1.29, 1.82) is 0 Å². The number of hydrogen-bond donors (Lipinski definition) is 2. The number of ether oxygens (including phenoxy) is 5. The van der Waals surface area contributed by atoms with Crippen LogP contribution in [0.25, 0.3) is 0 Å². The van der Waals surface area contributed by atoms with Gasteiger partial charge in [-0.25, -0.2) is 14.0 Å². The van der Waals surface area contributed by atoms with Crippen LogP contribution in [0, 0.1) is 17.2 Å². The van der Waals surface area contributed by atoms with Gasteiger partial charge in [-0.15, -0.1) is 0 Å². The van der Waals surface area contributed by atoms with Crippen molar-refractivity contribution in [3.8, 4) is 23.0 Å². The van der Waals surface area contributed by atoms with Crippen LogP contribution in [0.15, 0.2) is 133 Å². The molecule has 20 nitrogen and oxygen atoms in total. The predicted octanol–water partition coefficient (Wildman–Crippen LogP) is 7.16. The van der Waals surface area contributed by atoms with Crippen LogP contribution in [0.5, 0.6) is 23.0 Å². The topological polar surface area (TPSA) is 245 Å². The number of carbonyl (C=O) groups is 9. The molecule has 0 aliphatic carbocycles. The van der Waals surface area contributed by atoms with Crippen LogP contribution in [0.4, 0.5) is 4.39 Å². The van der Waals surface area contributed by atoms with Crippen LogP contribution in [0.1, 0.15) is 86.3 Å². The second-order valence-electron chi connectivity index (χ2n) is 23.4. The van der Waals surface area contributed by atoms with Crippen LogP contribution < -0.4 is 19.5 Å². The first kappa shape index (κ1) is 68.1. The molecule has 0 aromatic heterocycles. The minimum absolute atomic E-state index is 0.0132. The monoisotopic (exact) mass is 1240 g/mol. The van der Waals surface area contributed by atoms with Gasteiger partial charge in [-0.05, 0) is 130 Å². The molecule has 2 aliphatic heterocycles. The van der Waals surface area contributed by atoms with Gasteiger partial charge in [0.05, 0.1) is 32.2 Å². The fourth-order valence-electron chi connectivity index (χ4n) is 10.9. The number of esters is 2. The molecule has 5 amide bonds. The third kappa shape index (κ3) is 18.8. The normalized spacial score (nSPS) is 21.1. The molecule has 5 aromatic carbocycles. The largest absolute Gasteiger partial charge is 0.508 e. The molecule has 1 fully saturated rings. The summed E-state index contributed by atoms with van der Waals surface area (Å²) >= 11 is 0. The summed E-state index contributed by atoms with van der Waals surface area (Å²) in [7, 11) is 7.34. The Kier molecular flexibility index (Phi) is 24.4. The molecule has 90 heavy (non-hydrogen) atoms. The molecule has 0 radical (unpaired) electrons. The number of piperidine rings is 1. The first-order valence-corrected chi connectivity index (χ1v) is 30.0. The van der Waals surface area contributed by atoms with Gasteiger partial charge >= 0.3 is 11.9 Å². The van der Waals surface area contributed by atoms with Crippen molar-refractivity contribution in [2.75, 3.05) is 68.2 Å². The van der Waals surface area contributed by atoms with Crippen molar-refractivity contribution in [3.05, 3.63) is 167 Å². The Morgan fingerprint density at radius 1 is 0.700 bits per heavy atom. The van der Waals surface area contributed by atoms with E-state index in [0.717, 1.165) is 28.2 Å². The van der Waals surface area contributed by atoms with Gasteiger partial charge in [0.1, 0.15) is 42.1 Å². The lowest BCUT2D eigenvalue weighted by molar-refractivity contribution is -0.165. The summed E-state index contributed by atoms with van der Waals surface area (Å²) in [4.78, 5) is 133. The third-order valence-corrected chi connectivity index (χ3v) is 16.2. The minimum Gasteiger partial charge on any atom is -0.508 e. The SMILES string of the molecule is COc1ccc(CC[C@H]2OC(=O)[C@@H]3CCCCN3C(=O)C(=O)C(C)(C)COC(=O)C=CCCN(C)C(=O)[C@@H](Cc3ccccc3)NC(=O)CN(C)C(=O)[C@@H](Cc3ccccc3)CC(=O)[C@H](Cc3ccc(O)cc3)N(C)C(=O)COc3ccc(F)c2c3)cc1OC. The fourth-order valence-corrected chi connectivity index (χ4v) is 10.9. The molecule has 2 bridgehead atoms. The highest BCUT2D eigenvalue weighted by atomic mass is 19.1. The van der Waals surface area contributed by atoms with E-state index in [1.807, 2.05) is 6.07 Å². The van der Waals surface area contributed by atoms with Gasteiger partial charge in [-0.2, -0.15) is 0 Å². The number of amides is 5. The van der Waals surface area contributed by atoms with Crippen LogP contribution in [0.2, 0.25) is 0 Å². The number of phenolic OH excluding ortho intramolecular Hbond substituents is 1. The summed E-state index contributed by atoms with van der Waals surface area (Å²) in [6.45, 7) is 1.29. The number of nitrogens with one attached hydrogen (secondary N) is 1. The average Bonchev–Trinajstić information content (AvgIpc) is 1.50. The molecule has 0 saturated carbocycles. The van der Waals surface area contributed by atoms with Gasteiger partial charge in [-0.1, -0.05) is 84.9 Å². The molecule has 5 aromatic rings. The van der Waals surface area contributed by atoms with Gasteiger partial charge in [-0.3, -0.25) is 33.6 Å². The van der Waals surface area contributed by atoms with Gasteiger partial charge in [0.15, 0.2) is 23.9 Å². The van der Waals surface area contributed by atoms with E-state index in [1.165, 1.54) is 94.3 Å². The van der Waals surface area contributed by atoms with Crippen molar-refractivity contribution < 1.29 is 76.3 Å². The highest BCUT2D eigenvalue weighted by molar-refractivity contribution is 6.38. The van der Waals surface area contributed by atoms with Gasteiger partial charge in [0.2, 0.25) is 23.5 Å². The molecule has 478 valence electrons. The molecule has 7 rings (SSSR count). The maximum absolute atomic E-state index is 16.4. The Bertz CT molecular complexity index is 3380. The van der Waals surface area contributed by atoms with E-state index in [0.29, 0.717) is 35.5 Å². The second-order valence-corrected chi connectivity index (χ2v) is 23.4. The summed E-state index contributed by atoms with van der Waals surface area (Å²) in [5.41, 5.74) is 1.03. The highest BCUT2D eigenvalue weighted by Gasteiger charge is 2.43. The number of aromatic hydroxyl groups is 1. The van der Waals surface area contributed by atoms with Crippen LogP contribution in [0.3, 0.4) is 0 Å². The Labute approximate surface area is 524 Å². The van der Waals surface area contributed by atoms with Crippen molar-refractivity contribution in [2.45, 2.75) is 102 Å². The summed E-state index contributed by atoms with van der Waals surface area (Å²) in [5.74, 6) is -7.58. The second kappa shape index (κ2) is 32.2. The number of aryl methyl sites for hydroxylation is 1. The lowest BCUT2D eigenvalue weighted by Crippen LogP contribution is -2.53. The smallest absolute Gasteiger partial charge is 0.330 e. The van der Waals surface area contributed by atoms with Crippen molar-refractivity contribution in [1.82, 2.24) is 24.9 Å². The zero-order valence-electron chi connectivity index (χ0n) is 52.0. The van der Waals surface area contributed by atoms with Crippen LogP contribution in [-0.4, -0.2) is 164 Å². The number of likely N-dealkylation sites (N-methyl/N-ethyl adjacent to an activating group) is 3. The van der Waals surface area contributed by atoms with E-state index < -0.39 is 121 Å². The lowest BCUT2D eigenvalue weighted by Gasteiger charge is -2.36. The Morgan fingerprint density at radius 2 is 1.36 bits per heavy atom. The molecule has 0 unspecified atom stereocenters. The van der Waals surface area contributed by atoms with E-state index in [1.54, 1.807) is 84.9 Å². The first-order chi connectivity index (χ1) is 43.0. The highest BCUT2D eigenvalue weighted by Crippen LogP contribution is 2.34. The molecule has 0 spiro atoms. The van der Waals surface area contributed by atoms with Gasteiger partial charge in [0.25, 0.3) is 11.8 Å². The first-order valence-electron chi connectivity index (χ1n) is 30.0. The van der Waals surface area contributed by atoms with E-state index >= 15 is 4.39 Å².